The Hall–Kier alpha value is -2.80. The molecule has 7 heteroatoms. The van der Waals surface area contributed by atoms with Crippen LogP contribution in [0.15, 0.2) is 48.5 Å². The topological polar surface area (TPSA) is 68.3 Å². The van der Waals surface area contributed by atoms with E-state index >= 15 is 0 Å². The monoisotopic (exact) mass is 400 g/mol. The zero-order valence-electron chi connectivity index (χ0n) is 15.5. The number of ether oxygens (including phenoxy) is 1. The molecule has 0 unspecified atom stereocenters. The molecule has 146 valence electrons. The number of aromatic nitrogens is 1. The summed E-state index contributed by atoms with van der Waals surface area (Å²) in [6, 6.07) is 13.5. The molecule has 0 saturated heterocycles. The van der Waals surface area contributed by atoms with Crippen molar-refractivity contribution in [1.29, 1.82) is 0 Å². The van der Waals surface area contributed by atoms with E-state index in [4.69, 9.17) is 4.74 Å². The maximum atomic E-state index is 13.1. The van der Waals surface area contributed by atoms with E-state index in [0.29, 0.717) is 12.1 Å². The van der Waals surface area contributed by atoms with Crippen LogP contribution in [-0.2, 0) is 20.7 Å². The van der Waals surface area contributed by atoms with Gasteiger partial charge in [-0.1, -0.05) is 18.2 Å². The van der Waals surface area contributed by atoms with Crippen LogP contribution in [0.5, 0.6) is 0 Å². The van der Waals surface area contributed by atoms with Crippen molar-refractivity contribution in [3.63, 3.8) is 0 Å². The van der Waals surface area contributed by atoms with Crippen molar-refractivity contribution < 1.29 is 18.7 Å². The Labute approximate surface area is 166 Å². The van der Waals surface area contributed by atoms with Gasteiger partial charge in [0, 0.05) is 12.1 Å². The van der Waals surface area contributed by atoms with Crippen molar-refractivity contribution in [3.8, 4) is 0 Å². The Morgan fingerprint density at radius 3 is 2.79 bits per heavy atom. The highest BCUT2D eigenvalue weighted by Crippen LogP contribution is 2.23. The molecule has 3 aromatic rings. The highest BCUT2D eigenvalue weighted by molar-refractivity contribution is 7.18. The van der Waals surface area contributed by atoms with Crippen LogP contribution in [-0.4, -0.2) is 23.0 Å². The van der Waals surface area contributed by atoms with E-state index in [-0.39, 0.29) is 6.42 Å². The number of para-hydroxylation sites is 1. The summed E-state index contributed by atoms with van der Waals surface area (Å²) < 4.78 is 19.5. The van der Waals surface area contributed by atoms with Crippen molar-refractivity contribution >= 4 is 39.1 Å². The van der Waals surface area contributed by atoms with Crippen LogP contribution in [0.4, 0.5) is 10.1 Å². The Morgan fingerprint density at radius 2 is 2.00 bits per heavy atom. The van der Waals surface area contributed by atoms with Crippen molar-refractivity contribution in [1.82, 2.24) is 4.98 Å². The second kappa shape index (κ2) is 9.41. The van der Waals surface area contributed by atoms with Gasteiger partial charge in [0.15, 0.2) is 6.10 Å². The minimum absolute atomic E-state index is 0.239. The quantitative estimate of drug-likeness (QED) is 0.439. The highest BCUT2D eigenvalue weighted by Gasteiger charge is 2.18. The number of aryl methyl sites for hydroxylation is 1. The summed E-state index contributed by atoms with van der Waals surface area (Å²) >= 11 is 1.67. The number of rotatable bonds is 8. The molecule has 0 aliphatic heterocycles. The third kappa shape index (κ3) is 5.60. The third-order valence-electron chi connectivity index (χ3n) is 4.13. The number of carbonyl (C=O) groups excluding carboxylic acids is 2. The maximum absolute atomic E-state index is 13.1. The standard InChI is InChI=1S/C21H21FN2O3S/c1-14(21(26)23-16-8-6-7-15(22)13-16)27-20(25)12-5-4-11-19-24-17-9-2-3-10-18(17)28-19/h2-3,6-10,13-14H,4-5,11-12H2,1H3,(H,23,26)/t14-/m0/s1. The molecule has 0 aliphatic rings. The molecule has 1 amide bonds. The van der Waals surface area contributed by atoms with Crippen LogP contribution in [0.3, 0.4) is 0 Å². The molecule has 0 fully saturated rings. The van der Waals surface area contributed by atoms with E-state index < -0.39 is 23.8 Å². The molecule has 1 N–H and O–H groups in total. The Balaban J connectivity index is 1.38. The smallest absolute Gasteiger partial charge is 0.306 e. The van der Waals surface area contributed by atoms with Gasteiger partial charge in [0.2, 0.25) is 0 Å². The van der Waals surface area contributed by atoms with E-state index in [2.05, 4.69) is 10.3 Å². The maximum Gasteiger partial charge on any atom is 0.306 e. The minimum Gasteiger partial charge on any atom is -0.453 e. The Morgan fingerprint density at radius 1 is 1.18 bits per heavy atom. The van der Waals surface area contributed by atoms with Crippen molar-refractivity contribution in [2.24, 2.45) is 0 Å². The Kier molecular flexibility index (Phi) is 6.71. The molecule has 1 atom stereocenters. The molecule has 0 radical (unpaired) electrons. The van der Waals surface area contributed by atoms with Crippen LogP contribution < -0.4 is 5.32 Å². The molecule has 3 rings (SSSR count). The number of benzene rings is 2. The van der Waals surface area contributed by atoms with Crippen molar-refractivity contribution in [2.75, 3.05) is 5.32 Å². The molecule has 5 nitrogen and oxygen atoms in total. The summed E-state index contributed by atoms with van der Waals surface area (Å²) in [5, 5.41) is 3.58. The average Bonchev–Trinajstić information content (AvgIpc) is 3.08. The van der Waals surface area contributed by atoms with Gasteiger partial charge in [-0.15, -0.1) is 11.3 Å². The van der Waals surface area contributed by atoms with Gasteiger partial charge in [-0.2, -0.15) is 0 Å². The van der Waals surface area contributed by atoms with E-state index in [1.54, 1.807) is 17.4 Å². The first kappa shape index (κ1) is 19.9. The number of anilines is 1. The van der Waals surface area contributed by atoms with Gasteiger partial charge in [0.05, 0.1) is 15.2 Å². The van der Waals surface area contributed by atoms with Gasteiger partial charge in [-0.25, -0.2) is 9.37 Å². The van der Waals surface area contributed by atoms with Gasteiger partial charge < -0.3 is 10.1 Å². The summed E-state index contributed by atoms with van der Waals surface area (Å²) in [6.45, 7) is 1.49. The lowest BCUT2D eigenvalue weighted by atomic mass is 10.2. The molecule has 28 heavy (non-hydrogen) atoms. The fourth-order valence-corrected chi connectivity index (χ4v) is 3.70. The zero-order valence-corrected chi connectivity index (χ0v) is 16.3. The number of nitrogens with zero attached hydrogens (tertiary/aromatic N) is 1. The normalized spacial score (nSPS) is 11.9. The lowest BCUT2D eigenvalue weighted by Crippen LogP contribution is -2.29. The van der Waals surface area contributed by atoms with Crippen LogP contribution in [0.1, 0.15) is 31.2 Å². The van der Waals surface area contributed by atoms with Crippen LogP contribution in [0.2, 0.25) is 0 Å². The molecular formula is C21H21FN2O3S. The number of carbonyl (C=O) groups is 2. The first-order valence-electron chi connectivity index (χ1n) is 9.11. The van der Waals surface area contributed by atoms with E-state index in [9.17, 15) is 14.0 Å². The molecule has 0 spiro atoms. The fraction of sp³-hybridized carbons (Fsp3) is 0.286. The van der Waals surface area contributed by atoms with Crippen LogP contribution >= 0.6 is 11.3 Å². The number of amides is 1. The Bertz CT molecular complexity index is 940. The number of unbranched alkanes of at least 4 members (excludes halogenated alkanes) is 1. The van der Waals surface area contributed by atoms with Crippen LogP contribution in [0.25, 0.3) is 10.2 Å². The summed E-state index contributed by atoms with van der Waals surface area (Å²) in [5.41, 5.74) is 1.32. The summed E-state index contributed by atoms with van der Waals surface area (Å²) in [4.78, 5) is 28.6. The van der Waals surface area contributed by atoms with Crippen molar-refractivity contribution in [3.05, 3.63) is 59.4 Å². The number of esters is 1. The number of halogens is 1. The zero-order chi connectivity index (χ0) is 19.9. The molecule has 0 aliphatic carbocycles. The number of thiazole rings is 1. The number of nitrogens with one attached hydrogen (secondary N) is 1. The largest absolute Gasteiger partial charge is 0.453 e. The first-order valence-corrected chi connectivity index (χ1v) is 9.93. The third-order valence-corrected chi connectivity index (χ3v) is 5.23. The summed E-state index contributed by atoms with van der Waals surface area (Å²) in [6.07, 6.45) is 1.58. The summed E-state index contributed by atoms with van der Waals surface area (Å²) in [5.74, 6) is -1.37. The average molecular weight is 400 g/mol. The molecule has 0 bridgehead atoms. The van der Waals surface area contributed by atoms with Crippen molar-refractivity contribution in [2.45, 2.75) is 38.7 Å². The van der Waals surface area contributed by atoms with Crippen LogP contribution in [0, 0.1) is 5.82 Å². The van der Waals surface area contributed by atoms with E-state index in [1.807, 2.05) is 24.3 Å². The van der Waals surface area contributed by atoms with E-state index in [1.165, 1.54) is 25.1 Å². The lowest BCUT2D eigenvalue weighted by Gasteiger charge is -2.13. The number of fused-ring (bicyclic) bond motifs is 1. The molecular weight excluding hydrogens is 379 g/mol. The highest BCUT2D eigenvalue weighted by atomic mass is 32.1. The fourth-order valence-electron chi connectivity index (χ4n) is 2.69. The molecule has 2 aromatic carbocycles. The molecule has 0 saturated carbocycles. The first-order chi connectivity index (χ1) is 13.5. The van der Waals surface area contributed by atoms with E-state index in [0.717, 1.165) is 28.1 Å². The number of hydrogen-bond donors (Lipinski definition) is 1. The van der Waals surface area contributed by atoms with Gasteiger partial charge in [0.25, 0.3) is 5.91 Å². The SMILES string of the molecule is C[C@H](OC(=O)CCCCc1nc2ccccc2s1)C(=O)Nc1cccc(F)c1. The molecule has 1 heterocycles. The predicted molar refractivity (Wildman–Crippen MR) is 108 cm³/mol. The van der Waals surface area contributed by atoms with Gasteiger partial charge in [-0.05, 0) is 56.5 Å². The minimum atomic E-state index is -0.944. The predicted octanol–water partition coefficient (Wildman–Crippen LogP) is 4.72. The lowest BCUT2D eigenvalue weighted by molar-refractivity contribution is -0.153. The second-order valence-electron chi connectivity index (χ2n) is 6.41. The number of hydrogen-bond acceptors (Lipinski definition) is 5. The second-order valence-corrected chi connectivity index (χ2v) is 7.53. The van der Waals surface area contributed by atoms with Gasteiger partial charge in [-0.3, -0.25) is 9.59 Å². The van der Waals surface area contributed by atoms with Gasteiger partial charge in [0.1, 0.15) is 5.82 Å². The summed E-state index contributed by atoms with van der Waals surface area (Å²) in [7, 11) is 0. The molecule has 1 aromatic heterocycles. The van der Waals surface area contributed by atoms with Gasteiger partial charge >= 0.3 is 5.97 Å².